The molecule has 2 nitrogen and oxygen atoms in total. The van der Waals surface area contributed by atoms with Crippen LogP contribution in [0.5, 0.6) is 0 Å². The van der Waals surface area contributed by atoms with Gasteiger partial charge in [-0.2, -0.15) is 0 Å². The Hall–Kier alpha value is -0.790. The number of carbonyl (C=O) groups excluding carboxylic acids is 1. The summed E-state index contributed by atoms with van der Waals surface area (Å²) >= 11 is 0. The first-order valence-corrected chi connectivity index (χ1v) is 7.82. The molecule has 0 aliphatic heterocycles. The molecule has 0 spiro atoms. The van der Waals surface area contributed by atoms with Crippen molar-refractivity contribution < 1.29 is 9.53 Å². The minimum absolute atomic E-state index is 0.162. The molecule has 4 aliphatic carbocycles. The lowest BCUT2D eigenvalue weighted by Gasteiger charge is -2.59. The highest BCUT2D eigenvalue weighted by Crippen LogP contribution is 2.59. The number of ether oxygens (including phenoxy) is 1. The number of rotatable bonds is 3. The average molecular weight is 262 g/mol. The first-order valence-electron chi connectivity index (χ1n) is 7.82. The molecule has 0 atom stereocenters. The van der Waals surface area contributed by atoms with E-state index in [2.05, 4.69) is 13.5 Å². The van der Waals surface area contributed by atoms with Gasteiger partial charge in [0, 0.05) is 5.57 Å². The zero-order valence-electron chi connectivity index (χ0n) is 12.4. The van der Waals surface area contributed by atoms with Crippen molar-refractivity contribution in [3.8, 4) is 0 Å². The van der Waals surface area contributed by atoms with Crippen LogP contribution in [-0.2, 0) is 9.53 Å². The molecule has 0 aromatic heterocycles. The smallest absolute Gasteiger partial charge is 0.334 e. The zero-order valence-corrected chi connectivity index (χ0v) is 12.4. The van der Waals surface area contributed by atoms with Gasteiger partial charge in [0.05, 0.1) is 0 Å². The lowest BCUT2D eigenvalue weighted by atomic mass is 9.50. The van der Waals surface area contributed by atoms with Crippen LogP contribution in [0, 0.1) is 29.6 Å². The van der Waals surface area contributed by atoms with Crippen molar-refractivity contribution in [2.24, 2.45) is 29.6 Å². The third kappa shape index (κ3) is 2.04. The molecule has 19 heavy (non-hydrogen) atoms. The van der Waals surface area contributed by atoms with Gasteiger partial charge in [0.15, 0.2) is 0 Å². The van der Waals surface area contributed by atoms with Crippen molar-refractivity contribution in [3.63, 3.8) is 0 Å². The summed E-state index contributed by atoms with van der Waals surface area (Å²) in [5.41, 5.74) is 0.400. The Labute approximate surface area is 116 Å². The maximum atomic E-state index is 12.3. The predicted octanol–water partition coefficient (Wildman–Crippen LogP) is 3.96. The van der Waals surface area contributed by atoms with Gasteiger partial charge in [-0.3, -0.25) is 0 Å². The maximum absolute atomic E-state index is 12.3. The second-order valence-corrected chi connectivity index (χ2v) is 7.56. The van der Waals surface area contributed by atoms with Gasteiger partial charge in [0.25, 0.3) is 0 Å². The predicted molar refractivity (Wildman–Crippen MR) is 75.5 cm³/mol. The van der Waals surface area contributed by atoms with Crippen LogP contribution in [0.4, 0.5) is 0 Å². The van der Waals surface area contributed by atoms with E-state index in [1.807, 2.05) is 13.8 Å². The Balaban J connectivity index is 1.76. The van der Waals surface area contributed by atoms with Crippen LogP contribution >= 0.6 is 0 Å². The summed E-state index contributed by atoms with van der Waals surface area (Å²) in [5.74, 6) is 3.00. The van der Waals surface area contributed by atoms with Gasteiger partial charge in [-0.15, -0.1) is 0 Å². The lowest BCUT2D eigenvalue weighted by Crippen LogP contribution is -2.58. The molecule has 0 heterocycles. The van der Waals surface area contributed by atoms with Gasteiger partial charge < -0.3 is 4.74 Å². The Morgan fingerprint density at radius 3 is 2.00 bits per heavy atom. The Morgan fingerprint density at radius 2 is 1.58 bits per heavy atom. The second kappa shape index (κ2) is 4.36. The van der Waals surface area contributed by atoms with Crippen LogP contribution in [0.2, 0.25) is 0 Å². The molecule has 0 saturated heterocycles. The molecular weight excluding hydrogens is 236 g/mol. The molecule has 4 bridgehead atoms. The first-order chi connectivity index (χ1) is 8.90. The van der Waals surface area contributed by atoms with Gasteiger partial charge in [0.2, 0.25) is 0 Å². The minimum Gasteiger partial charge on any atom is -0.455 e. The van der Waals surface area contributed by atoms with E-state index in [0.29, 0.717) is 17.4 Å². The molecule has 4 saturated carbocycles. The molecule has 0 aromatic rings. The number of hydrogen-bond donors (Lipinski definition) is 0. The molecule has 0 aromatic carbocycles. The van der Waals surface area contributed by atoms with Crippen LogP contribution in [0.1, 0.15) is 52.9 Å². The first kappa shape index (κ1) is 13.2. The highest BCUT2D eigenvalue weighted by molar-refractivity contribution is 5.88. The summed E-state index contributed by atoms with van der Waals surface area (Å²) in [6, 6.07) is 0. The fraction of sp³-hybridized carbons (Fsp3) is 0.824. The molecule has 4 aliphatic rings. The largest absolute Gasteiger partial charge is 0.455 e. The summed E-state index contributed by atoms with van der Waals surface area (Å²) in [7, 11) is 0. The molecular formula is C17H26O2. The molecule has 0 radical (unpaired) electrons. The summed E-state index contributed by atoms with van der Waals surface area (Å²) in [5, 5.41) is 0. The van der Waals surface area contributed by atoms with Crippen LogP contribution in [-0.4, -0.2) is 11.6 Å². The van der Waals surface area contributed by atoms with Crippen LogP contribution < -0.4 is 0 Å². The van der Waals surface area contributed by atoms with Gasteiger partial charge >= 0.3 is 5.97 Å². The van der Waals surface area contributed by atoms with Crippen LogP contribution in [0.15, 0.2) is 12.2 Å². The van der Waals surface area contributed by atoms with E-state index < -0.39 is 0 Å². The van der Waals surface area contributed by atoms with Gasteiger partial charge in [-0.25, -0.2) is 4.79 Å². The lowest BCUT2D eigenvalue weighted by molar-refractivity contribution is -0.199. The number of esters is 1. The van der Waals surface area contributed by atoms with Crippen LogP contribution in [0.3, 0.4) is 0 Å². The fourth-order valence-corrected chi connectivity index (χ4v) is 4.79. The molecule has 0 unspecified atom stereocenters. The monoisotopic (exact) mass is 262 g/mol. The fourth-order valence-electron chi connectivity index (χ4n) is 4.79. The van der Waals surface area contributed by atoms with Crippen molar-refractivity contribution in [3.05, 3.63) is 12.2 Å². The average Bonchev–Trinajstić information content (AvgIpc) is 2.34. The Kier molecular flexibility index (Phi) is 3.03. The number of carbonyl (C=O) groups is 1. The quantitative estimate of drug-likeness (QED) is 0.568. The Morgan fingerprint density at radius 1 is 1.11 bits per heavy atom. The highest BCUT2D eigenvalue weighted by Gasteiger charge is 2.57. The van der Waals surface area contributed by atoms with E-state index in [4.69, 9.17) is 4.74 Å². The highest BCUT2D eigenvalue weighted by atomic mass is 16.6. The van der Waals surface area contributed by atoms with Crippen LogP contribution in [0.25, 0.3) is 0 Å². The zero-order chi connectivity index (χ0) is 13.8. The van der Waals surface area contributed by atoms with Gasteiger partial charge in [-0.05, 0) is 68.6 Å². The van der Waals surface area contributed by atoms with E-state index in [0.717, 1.165) is 11.8 Å². The van der Waals surface area contributed by atoms with E-state index >= 15 is 0 Å². The van der Waals surface area contributed by atoms with Crippen molar-refractivity contribution in [1.29, 1.82) is 0 Å². The molecule has 4 rings (SSSR count). The van der Waals surface area contributed by atoms with E-state index in [1.54, 1.807) is 0 Å². The minimum atomic E-state index is -0.220. The Bertz CT molecular complexity index is 379. The molecule has 106 valence electrons. The topological polar surface area (TPSA) is 26.3 Å². The van der Waals surface area contributed by atoms with Gasteiger partial charge in [0.1, 0.15) is 5.60 Å². The molecule has 4 fully saturated rings. The van der Waals surface area contributed by atoms with Crippen molar-refractivity contribution in [1.82, 2.24) is 0 Å². The molecule has 2 heteroatoms. The standard InChI is InChI=1S/C17H26O2/c1-10(2)11(3)16(18)19-17(4)14-6-12-5-13(8-14)9-15(17)7-12/h10,12-15H,3,5-9H2,1-2,4H3. The van der Waals surface area contributed by atoms with Crippen molar-refractivity contribution in [2.45, 2.75) is 58.5 Å². The second-order valence-electron chi connectivity index (χ2n) is 7.56. The molecule has 0 amide bonds. The van der Waals surface area contributed by atoms with E-state index in [1.165, 1.54) is 32.1 Å². The van der Waals surface area contributed by atoms with Gasteiger partial charge in [-0.1, -0.05) is 20.4 Å². The summed E-state index contributed by atoms with van der Waals surface area (Å²) in [6.07, 6.45) is 6.50. The summed E-state index contributed by atoms with van der Waals surface area (Å²) in [4.78, 5) is 12.3. The molecule has 0 N–H and O–H groups in total. The number of hydrogen-bond acceptors (Lipinski definition) is 2. The third-order valence-corrected chi connectivity index (χ3v) is 6.03. The summed E-state index contributed by atoms with van der Waals surface area (Å²) < 4.78 is 6.00. The summed E-state index contributed by atoms with van der Waals surface area (Å²) in [6.45, 7) is 10.1. The van der Waals surface area contributed by atoms with Crippen molar-refractivity contribution in [2.75, 3.05) is 0 Å². The third-order valence-electron chi connectivity index (χ3n) is 6.03. The van der Waals surface area contributed by atoms with E-state index in [-0.39, 0.29) is 17.5 Å². The van der Waals surface area contributed by atoms with E-state index in [9.17, 15) is 4.79 Å². The van der Waals surface area contributed by atoms with Crippen molar-refractivity contribution >= 4 is 5.97 Å². The maximum Gasteiger partial charge on any atom is 0.334 e. The normalized spacial score (nSPS) is 43.6. The SMILES string of the molecule is C=C(C(=O)OC1(C)C2CC3CC(C2)CC1C3)C(C)C.